The number of sulfonamides is 1. The number of hydrogen-bond donors (Lipinski definition) is 2. The molecule has 0 fully saturated rings. The molecular formula is C13H20N2O3S. The van der Waals surface area contributed by atoms with E-state index < -0.39 is 10.0 Å². The van der Waals surface area contributed by atoms with Gasteiger partial charge in [-0.15, -0.1) is 0 Å². The summed E-state index contributed by atoms with van der Waals surface area (Å²) in [4.78, 5) is 11.8. The van der Waals surface area contributed by atoms with E-state index in [0.717, 1.165) is 12.0 Å². The van der Waals surface area contributed by atoms with Crippen LogP contribution in [0, 0.1) is 5.92 Å². The summed E-state index contributed by atoms with van der Waals surface area (Å²) < 4.78 is 22.3. The van der Waals surface area contributed by atoms with Crippen LogP contribution in [0.15, 0.2) is 29.2 Å². The van der Waals surface area contributed by atoms with Crippen molar-refractivity contribution in [1.29, 1.82) is 0 Å². The molecule has 1 aromatic rings. The molecule has 0 heterocycles. The van der Waals surface area contributed by atoms with E-state index in [4.69, 9.17) is 5.14 Å². The second-order valence-corrected chi connectivity index (χ2v) is 6.22. The lowest BCUT2D eigenvalue weighted by Crippen LogP contribution is -2.31. The predicted octanol–water partition coefficient (Wildman–Crippen LogP) is 1.56. The maximum atomic E-state index is 11.8. The summed E-state index contributed by atoms with van der Waals surface area (Å²) in [6.45, 7) is 5.67. The largest absolute Gasteiger partial charge is 0.349 e. The molecule has 6 heteroatoms. The van der Waals surface area contributed by atoms with Crippen molar-refractivity contribution in [1.82, 2.24) is 5.32 Å². The molecule has 5 nitrogen and oxygen atoms in total. The van der Waals surface area contributed by atoms with Crippen LogP contribution in [0.25, 0.3) is 0 Å². The molecule has 0 saturated carbocycles. The molecule has 0 aliphatic rings. The van der Waals surface area contributed by atoms with Crippen molar-refractivity contribution in [3.05, 3.63) is 29.8 Å². The third-order valence-electron chi connectivity index (χ3n) is 3.13. The first-order chi connectivity index (χ1) is 8.75. The Kier molecular flexibility index (Phi) is 5.08. The van der Waals surface area contributed by atoms with E-state index in [1.807, 2.05) is 20.8 Å². The van der Waals surface area contributed by atoms with E-state index in [1.165, 1.54) is 12.1 Å². The summed E-state index contributed by atoms with van der Waals surface area (Å²) in [6.07, 6.45) is 0.781. The van der Waals surface area contributed by atoms with Crippen LogP contribution in [0.5, 0.6) is 0 Å². The first-order valence-electron chi connectivity index (χ1n) is 6.18. The monoisotopic (exact) mass is 284 g/mol. The minimum atomic E-state index is -3.67. The number of carbonyl (C=O) groups is 1. The SMILES string of the molecule is CCC(C)C(=O)NC(C)c1ccc(S(N)(=O)=O)cc1. The summed E-state index contributed by atoms with van der Waals surface area (Å²) in [5.74, 6) is -0.0448. The number of primary sulfonamides is 1. The summed E-state index contributed by atoms with van der Waals surface area (Å²) in [7, 11) is -3.67. The van der Waals surface area contributed by atoms with Crippen molar-refractivity contribution in [3.8, 4) is 0 Å². The number of nitrogens with one attached hydrogen (secondary N) is 1. The average Bonchev–Trinajstić information content (AvgIpc) is 2.36. The van der Waals surface area contributed by atoms with E-state index in [2.05, 4.69) is 5.32 Å². The number of nitrogens with two attached hydrogens (primary N) is 1. The molecule has 0 aliphatic carbocycles. The van der Waals surface area contributed by atoms with Crippen LogP contribution in [0.2, 0.25) is 0 Å². The molecule has 1 aromatic carbocycles. The second kappa shape index (κ2) is 6.16. The first-order valence-corrected chi connectivity index (χ1v) is 7.73. The van der Waals surface area contributed by atoms with Crippen molar-refractivity contribution in [3.63, 3.8) is 0 Å². The minimum absolute atomic E-state index is 0.00878. The highest BCUT2D eigenvalue weighted by atomic mass is 32.2. The number of carbonyl (C=O) groups excluding carboxylic acids is 1. The van der Waals surface area contributed by atoms with Gasteiger partial charge in [0.1, 0.15) is 0 Å². The van der Waals surface area contributed by atoms with Crippen molar-refractivity contribution >= 4 is 15.9 Å². The molecule has 0 saturated heterocycles. The summed E-state index contributed by atoms with van der Waals surface area (Å²) in [5, 5.41) is 7.91. The van der Waals surface area contributed by atoms with Gasteiger partial charge in [0.05, 0.1) is 10.9 Å². The van der Waals surface area contributed by atoms with E-state index in [0.29, 0.717) is 0 Å². The van der Waals surface area contributed by atoms with E-state index in [9.17, 15) is 13.2 Å². The lowest BCUT2D eigenvalue weighted by atomic mass is 10.1. The number of amides is 1. The molecule has 2 unspecified atom stereocenters. The Hall–Kier alpha value is -1.40. The summed E-state index contributed by atoms with van der Waals surface area (Å²) in [6, 6.07) is 6.02. The summed E-state index contributed by atoms with van der Waals surface area (Å²) in [5.41, 5.74) is 0.837. The highest BCUT2D eigenvalue weighted by Crippen LogP contribution is 2.16. The van der Waals surface area contributed by atoms with Gasteiger partial charge < -0.3 is 5.32 Å². The molecule has 1 rings (SSSR count). The highest BCUT2D eigenvalue weighted by Gasteiger charge is 2.15. The maximum absolute atomic E-state index is 11.8. The molecule has 0 aliphatic heterocycles. The average molecular weight is 284 g/mol. The Morgan fingerprint density at radius 1 is 1.26 bits per heavy atom. The molecule has 0 radical (unpaired) electrons. The third-order valence-corrected chi connectivity index (χ3v) is 4.06. The predicted molar refractivity (Wildman–Crippen MR) is 73.8 cm³/mol. The van der Waals surface area contributed by atoms with Gasteiger partial charge in [-0.25, -0.2) is 13.6 Å². The Bertz CT molecular complexity index is 538. The van der Waals surface area contributed by atoms with Gasteiger partial charge in [0.2, 0.25) is 15.9 Å². The van der Waals surface area contributed by atoms with Gasteiger partial charge in [-0.1, -0.05) is 26.0 Å². The number of benzene rings is 1. The fraction of sp³-hybridized carbons (Fsp3) is 0.462. The summed E-state index contributed by atoms with van der Waals surface area (Å²) >= 11 is 0. The normalized spacial score (nSPS) is 14.7. The Morgan fingerprint density at radius 2 is 1.79 bits per heavy atom. The van der Waals surface area contributed by atoms with Gasteiger partial charge in [0.15, 0.2) is 0 Å². The number of hydrogen-bond acceptors (Lipinski definition) is 3. The lowest BCUT2D eigenvalue weighted by Gasteiger charge is -2.17. The Balaban J connectivity index is 2.79. The van der Waals surface area contributed by atoms with Gasteiger partial charge >= 0.3 is 0 Å². The zero-order valence-corrected chi connectivity index (χ0v) is 12.2. The van der Waals surface area contributed by atoms with Gasteiger partial charge in [-0.05, 0) is 31.0 Å². The van der Waals surface area contributed by atoms with Crippen LogP contribution in [0.4, 0.5) is 0 Å². The molecule has 19 heavy (non-hydrogen) atoms. The van der Waals surface area contributed by atoms with Gasteiger partial charge in [-0.2, -0.15) is 0 Å². The molecular weight excluding hydrogens is 264 g/mol. The molecule has 0 spiro atoms. The van der Waals surface area contributed by atoms with Crippen LogP contribution in [-0.2, 0) is 14.8 Å². The minimum Gasteiger partial charge on any atom is -0.349 e. The van der Waals surface area contributed by atoms with Crippen LogP contribution < -0.4 is 10.5 Å². The third kappa shape index (κ3) is 4.33. The van der Waals surface area contributed by atoms with Crippen LogP contribution in [0.3, 0.4) is 0 Å². The van der Waals surface area contributed by atoms with Crippen LogP contribution in [0.1, 0.15) is 38.8 Å². The molecule has 1 amide bonds. The van der Waals surface area contributed by atoms with Crippen molar-refractivity contribution in [2.45, 2.75) is 38.1 Å². The smallest absolute Gasteiger partial charge is 0.238 e. The Labute approximate surface area is 114 Å². The molecule has 3 N–H and O–H groups in total. The van der Waals surface area contributed by atoms with Crippen molar-refractivity contribution in [2.24, 2.45) is 11.1 Å². The maximum Gasteiger partial charge on any atom is 0.238 e. The Morgan fingerprint density at radius 3 is 2.21 bits per heavy atom. The zero-order valence-electron chi connectivity index (χ0n) is 11.4. The fourth-order valence-corrected chi connectivity index (χ4v) is 2.09. The zero-order chi connectivity index (χ0) is 14.6. The second-order valence-electron chi connectivity index (χ2n) is 4.65. The quantitative estimate of drug-likeness (QED) is 0.859. The molecule has 0 aromatic heterocycles. The van der Waals surface area contributed by atoms with Crippen molar-refractivity contribution < 1.29 is 13.2 Å². The standard InChI is InChI=1S/C13H20N2O3S/c1-4-9(2)13(16)15-10(3)11-5-7-12(8-6-11)19(14,17)18/h5-10H,4H2,1-3H3,(H,15,16)(H2,14,17,18). The van der Waals surface area contributed by atoms with E-state index in [1.54, 1.807) is 12.1 Å². The highest BCUT2D eigenvalue weighted by molar-refractivity contribution is 7.89. The van der Waals surface area contributed by atoms with Gasteiger partial charge in [0, 0.05) is 5.92 Å². The molecule has 106 valence electrons. The lowest BCUT2D eigenvalue weighted by molar-refractivity contribution is -0.125. The van der Waals surface area contributed by atoms with E-state index in [-0.39, 0.29) is 22.8 Å². The van der Waals surface area contributed by atoms with Crippen LogP contribution >= 0.6 is 0 Å². The van der Waals surface area contributed by atoms with E-state index >= 15 is 0 Å². The number of rotatable bonds is 5. The molecule has 0 bridgehead atoms. The van der Waals surface area contributed by atoms with Gasteiger partial charge in [0.25, 0.3) is 0 Å². The van der Waals surface area contributed by atoms with Crippen LogP contribution in [-0.4, -0.2) is 14.3 Å². The first kappa shape index (κ1) is 15.7. The molecule has 2 atom stereocenters. The van der Waals surface area contributed by atoms with Gasteiger partial charge in [-0.3, -0.25) is 4.79 Å². The topological polar surface area (TPSA) is 89.3 Å². The fourth-order valence-electron chi connectivity index (χ4n) is 1.57. The van der Waals surface area contributed by atoms with Crippen molar-refractivity contribution in [2.75, 3.05) is 0 Å².